The van der Waals surface area contributed by atoms with E-state index in [0.717, 1.165) is 5.69 Å². The smallest absolute Gasteiger partial charge is 0.387 e. The molecule has 190 valence electrons. The number of rotatable bonds is 8. The summed E-state index contributed by atoms with van der Waals surface area (Å²) in [5.74, 6) is -1.56. The van der Waals surface area contributed by atoms with Gasteiger partial charge in [0.25, 0.3) is 5.91 Å². The van der Waals surface area contributed by atoms with Gasteiger partial charge in [0.2, 0.25) is 0 Å². The van der Waals surface area contributed by atoms with E-state index in [1.165, 1.54) is 18.2 Å². The van der Waals surface area contributed by atoms with Gasteiger partial charge in [-0.25, -0.2) is 0 Å². The number of hydrogen-bond donors (Lipinski definition) is 2. The highest BCUT2D eigenvalue weighted by Gasteiger charge is 2.48. The number of nitrogens with zero attached hydrogens (tertiary/aromatic N) is 3. The van der Waals surface area contributed by atoms with Crippen molar-refractivity contribution < 1.29 is 28.2 Å². The molecule has 2 aliphatic rings. The van der Waals surface area contributed by atoms with Crippen LogP contribution in [-0.4, -0.2) is 57.4 Å². The Morgan fingerprint density at radius 2 is 1.91 bits per heavy atom. The van der Waals surface area contributed by atoms with Crippen LogP contribution in [0.2, 0.25) is 5.02 Å². The van der Waals surface area contributed by atoms with Crippen LogP contribution in [0, 0.1) is 5.92 Å². The van der Waals surface area contributed by atoms with E-state index in [4.69, 9.17) is 11.6 Å². The van der Waals surface area contributed by atoms with Crippen LogP contribution in [0.3, 0.4) is 0 Å². The normalized spacial score (nSPS) is 22.1. The predicted octanol–water partition coefficient (Wildman–Crippen LogP) is 4.55. The Balaban J connectivity index is 1.60. The van der Waals surface area contributed by atoms with Gasteiger partial charge in [-0.3, -0.25) is 14.3 Å². The highest BCUT2D eigenvalue weighted by atomic mass is 35.5. The summed E-state index contributed by atoms with van der Waals surface area (Å²) < 4.78 is 32.3. The van der Waals surface area contributed by atoms with Gasteiger partial charge in [-0.05, 0) is 49.8 Å². The number of carboxylic acid groups (broad SMARTS) is 1. The summed E-state index contributed by atoms with van der Waals surface area (Å²) in [6.07, 6.45) is 3.74. The number of anilines is 1. The molecule has 11 heteroatoms. The van der Waals surface area contributed by atoms with Crippen molar-refractivity contribution in [3.63, 3.8) is 0 Å². The molecule has 1 saturated carbocycles. The number of benzene rings is 1. The van der Waals surface area contributed by atoms with Gasteiger partial charge in [0, 0.05) is 42.1 Å². The molecular formula is C24H29ClF2N4O4. The topological polar surface area (TPSA) is 96.7 Å². The van der Waals surface area contributed by atoms with Gasteiger partial charge in [-0.1, -0.05) is 25.4 Å². The summed E-state index contributed by atoms with van der Waals surface area (Å²) in [6, 6.07) is 6.23. The lowest BCUT2D eigenvalue weighted by Crippen LogP contribution is -2.58. The van der Waals surface area contributed by atoms with E-state index in [-0.39, 0.29) is 40.2 Å². The highest BCUT2D eigenvalue weighted by Crippen LogP contribution is 2.40. The number of likely N-dealkylation sites (tertiary alicyclic amines) is 1. The van der Waals surface area contributed by atoms with Crippen LogP contribution in [0.1, 0.15) is 51.1 Å². The van der Waals surface area contributed by atoms with E-state index < -0.39 is 18.1 Å². The molecule has 1 aromatic carbocycles. The zero-order valence-corrected chi connectivity index (χ0v) is 20.3. The number of ether oxygens (including phenoxy) is 1. The predicted molar refractivity (Wildman–Crippen MR) is 126 cm³/mol. The van der Waals surface area contributed by atoms with Gasteiger partial charge in [0.1, 0.15) is 5.54 Å². The number of carbonyl (C=O) groups is 2. The summed E-state index contributed by atoms with van der Waals surface area (Å²) >= 11 is 5.95. The maximum absolute atomic E-state index is 13.8. The quantitative estimate of drug-likeness (QED) is 0.540. The van der Waals surface area contributed by atoms with Crippen LogP contribution in [0.25, 0.3) is 0 Å². The summed E-state index contributed by atoms with van der Waals surface area (Å²) in [6.45, 7) is 2.13. The van der Waals surface area contributed by atoms with E-state index in [1.54, 1.807) is 10.9 Å². The summed E-state index contributed by atoms with van der Waals surface area (Å²) in [7, 11) is 0. The number of halogens is 3. The lowest BCUT2D eigenvalue weighted by atomic mass is 9.77. The Kier molecular flexibility index (Phi) is 7.32. The second-order valence-corrected chi connectivity index (χ2v) is 9.96. The standard InChI is InChI=1S/C24H29ClF2N4O4/c1-14(2)19-5-8-28-31(19)24(6-9-30(10-7-24)17-11-15(12-17)21(32)33)22(34)29-18-4-3-16(25)13-20(18)35-23(26)27/h3-5,8,13-15,17,23H,6-7,9-12H2,1-2H3,(H,29,34)(H,32,33). The first-order valence-electron chi connectivity index (χ1n) is 11.7. The van der Waals surface area contributed by atoms with Gasteiger partial charge in [-0.2, -0.15) is 13.9 Å². The summed E-state index contributed by atoms with van der Waals surface area (Å²) in [4.78, 5) is 27.3. The molecule has 1 amide bonds. The minimum absolute atomic E-state index is 0.100. The van der Waals surface area contributed by atoms with E-state index >= 15 is 0 Å². The summed E-state index contributed by atoms with van der Waals surface area (Å²) in [5.41, 5.74) is -0.0523. The number of piperidine rings is 1. The first kappa shape index (κ1) is 25.4. The van der Waals surface area contributed by atoms with E-state index in [1.807, 2.05) is 19.9 Å². The number of amides is 1. The first-order chi connectivity index (χ1) is 16.6. The number of aromatic nitrogens is 2. The Labute approximate surface area is 207 Å². The van der Waals surface area contributed by atoms with Crippen molar-refractivity contribution in [3.05, 3.63) is 41.2 Å². The lowest BCUT2D eigenvalue weighted by Gasteiger charge is -2.48. The number of nitrogens with one attached hydrogen (secondary N) is 1. The Bertz CT molecular complexity index is 1080. The zero-order valence-electron chi connectivity index (χ0n) is 19.6. The molecule has 8 nitrogen and oxygen atoms in total. The molecule has 0 spiro atoms. The zero-order chi connectivity index (χ0) is 25.3. The number of carbonyl (C=O) groups excluding carboxylic acids is 1. The minimum atomic E-state index is -3.07. The third-order valence-corrected chi connectivity index (χ3v) is 7.34. The monoisotopic (exact) mass is 510 g/mol. The van der Waals surface area contributed by atoms with Crippen molar-refractivity contribution in [1.82, 2.24) is 14.7 Å². The van der Waals surface area contributed by atoms with Gasteiger partial charge in [-0.15, -0.1) is 0 Å². The molecule has 0 bridgehead atoms. The van der Waals surface area contributed by atoms with Crippen molar-refractivity contribution in [2.24, 2.45) is 5.92 Å². The number of aliphatic carboxylic acids is 1. The van der Waals surface area contributed by atoms with Crippen molar-refractivity contribution in [3.8, 4) is 5.75 Å². The molecule has 0 atom stereocenters. The van der Waals surface area contributed by atoms with Crippen LogP contribution in [0.5, 0.6) is 5.75 Å². The number of carboxylic acids is 1. The third kappa shape index (κ3) is 5.13. The molecule has 1 aromatic heterocycles. The second-order valence-electron chi connectivity index (χ2n) is 9.52. The molecule has 1 aliphatic heterocycles. The summed E-state index contributed by atoms with van der Waals surface area (Å²) in [5, 5.41) is 16.7. The van der Waals surface area contributed by atoms with Crippen molar-refractivity contribution >= 4 is 29.2 Å². The van der Waals surface area contributed by atoms with Crippen molar-refractivity contribution in [2.45, 2.75) is 63.6 Å². The molecule has 35 heavy (non-hydrogen) atoms. The van der Waals surface area contributed by atoms with E-state index in [0.29, 0.717) is 38.8 Å². The van der Waals surface area contributed by atoms with Crippen molar-refractivity contribution in [2.75, 3.05) is 18.4 Å². The second kappa shape index (κ2) is 10.1. The molecule has 2 aromatic rings. The number of alkyl halides is 2. The van der Waals surface area contributed by atoms with E-state index in [9.17, 15) is 23.5 Å². The Morgan fingerprint density at radius 3 is 2.51 bits per heavy atom. The molecule has 2 heterocycles. The van der Waals surface area contributed by atoms with Gasteiger partial charge < -0.3 is 20.1 Å². The molecule has 1 saturated heterocycles. The fraction of sp³-hybridized carbons (Fsp3) is 0.542. The fourth-order valence-electron chi connectivity index (χ4n) is 5.02. The largest absolute Gasteiger partial charge is 0.481 e. The molecule has 4 rings (SSSR count). The lowest BCUT2D eigenvalue weighted by molar-refractivity contribution is -0.147. The van der Waals surface area contributed by atoms with Gasteiger partial charge in [0.05, 0.1) is 11.6 Å². The fourth-order valence-corrected chi connectivity index (χ4v) is 5.18. The number of hydrogen-bond acceptors (Lipinski definition) is 5. The van der Waals surface area contributed by atoms with Gasteiger partial charge >= 0.3 is 12.6 Å². The molecule has 0 unspecified atom stereocenters. The molecule has 2 fully saturated rings. The van der Waals surface area contributed by atoms with Crippen LogP contribution in [0.4, 0.5) is 14.5 Å². The molecule has 0 radical (unpaired) electrons. The Hall–Kier alpha value is -2.72. The van der Waals surface area contributed by atoms with Crippen LogP contribution in [-0.2, 0) is 15.1 Å². The van der Waals surface area contributed by atoms with Crippen LogP contribution in [0.15, 0.2) is 30.5 Å². The third-order valence-electron chi connectivity index (χ3n) is 7.10. The average molecular weight is 511 g/mol. The Morgan fingerprint density at radius 1 is 1.23 bits per heavy atom. The van der Waals surface area contributed by atoms with Crippen LogP contribution < -0.4 is 10.1 Å². The van der Waals surface area contributed by atoms with Gasteiger partial charge in [0.15, 0.2) is 5.75 Å². The minimum Gasteiger partial charge on any atom is -0.481 e. The SMILES string of the molecule is CC(C)c1ccnn1C1(C(=O)Nc2ccc(Cl)cc2OC(F)F)CCN(C2CC(C(=O)O)C2)CC1. The average Bonchev–Trinajstić information content (AvgIpc) is 3.25. The van der Waals surface area contributed by atoms with Crippen LogP contribution >= 0.6 is 11.6 Å². The van der Waals surface area contributed by atoms with Crippen molar-refractivity contribution in [1.29, 1.82) is 0 Å². The maximum Gasteiger partial charge on any atom is 0.387 e. The molecule has 2 N–H and O–H groups in total. The maximum atomic E-state index is 13.8. The highest BCUT2D eigenvalue weighted by molar-refractivity contribution is 6.30. The van der Waals surface area contributed by atoms with E-state index in [2.05, 4.69) is 20.1 Å². The molecular weight excluding hydrogens is 482 g/mol. The molecule has 1 aliphatic carbocycles. The first-order valence-corrected chi connectivity index (χ1v) is 12.1.